The largest absolute Gasteiger partial charge is 0.363 e. The van der Waals surface area contributed by atoms with Crippen LogP contribution in [0.3, 0.4) is 0 Å². The molecule has 0 atom stereocenters. The lowest BCUT2D eigenvalue weighted by atomic mass is 10.1. The molecule has 0 bridgehead atoms. The summed E-state index contributed by atoms with van der Waals surface area (Å²) in [5, 5.41) is 10.7. The van der Waals surface area contributed by atoms with E-state index in [2.05, 4.69) is 44.9 Å². The summed E-state index contributed by atoms with van der Waals surface area (Å²) < 4.78 is 0. The van der Waals surface area contributed by atoms with E-state index in [9.17, 15) is 0 Å². The number of hydrogen-bond donors (Lipinski definition) is 2. The maximum absolute atomic E-state index is 4.90. The fourth-order valence-corrected chi connectivity index (χ4v) is 4.78. The Morgan fingerprint density at radius 1 is 1.22 bits per heavy atom. The van der Waals surface area contributed by atoms with Crippen LogP contribution < -0.4 is 15.5 Å². The molecule has 0 unspecified atom stereocenters. The molecule has 3 aliphatic rings. The fraction of sp³-hybridized carbons (Fsp3) is 0.762. The maximum Gasteiger partial charge on any atom is 0.191 e. The zero-order valence-corrected chi connectivity index (χ0v) is 17.5. The molecule has 2 aliphatic carbocycles. The quantitative estimate of drug-likeness (QED) is 0.503. The standard InChI is InChI=1S/C21H35N5S/c1-2-22-21(23-11-14-26(19-7-8-19)16-17-5-6-17)24-18-9-12-25(13-10-18)20-4-3-15-27-20/h3-4,15,17-19H,2,5-14,16H2,1H3,(H2,22,23,24). The van der Waals surface area contributed by atoms with Crippen molar-refractivity contribution in [3.63, 3.8) is 0 Å². The minimum atomic E-state index is 0.532. The fourth-order valence-electron chi connectivity index (χ4n) is 3.99. The van der Waals surface area contributed by atoms with E-state index < -0.39 is 0 Å². The first-order chi connectivity index (χ1) is 13.3. The van der Waals surface area contributed by atoms with Crippen LogP contribution in [-0.4, -0.2) is 62.2 Å². The number of piperidine rings is 1. The van der Waals surface area contributed by atoms with Crippen LogP contribution in [0.4, 0.5) is 5.00 Å². The molecular formula is C21H35N5S. The molecule has 1 saturated heterocycles. The summed E-state index contributed by atoms with van der Waals surface area (Å²) in [6, 6.07) is 5.77. The molecule has 5 nitrogen and oxygen atoms in total. The van der Waals surface area contributed by atoms with Gasteiger partial charge >= 0.3 is 0 Å². The average Bonchev–Trinajstić information content (AvgIpc) is 3.61. The van der Waals surface area contributed by atoms with Gasteiger partial charge in [-0.15, -0.1) is 11.3 Å². The lowest BCUT2D eigenvalue weighted by Gasteiger charge is -2.33. The van der Waals surface area contributed by atoms with Crippen molar-refractivity contribution in [1.82, 2.24) is 15.5 Å². The van der Waals surface area contributed by atoms with E-state index in [0.717, 1.165) is 50.6 Å². The second-order valence-corrected chi connectivity index (χ2v) is 9.21. The zero-order chi connectivity index (χ0) is 18.5. The summed E-state index contributed by atoms with van der Waals surface area (Å²) in [7, 11) is 0. The van der Waals surface area contributed by atoms with E-state index in [4.69, 9.17) is 4.99 Å². The van der Waals surface area contributed by atoms with Crippen molar-refractivity contribution in [1.29, 1.82) is 0 Å². The van der Waals surface area contributed by atoms with Gasteiger partial charge in [-0.05, 0) is 68.9 Å². The van der Waals surface area contributed by atoms with Gasteiger partial charge in [0.25, 0.3) is 0 Å². The zero-order valence-electron chi connectivity index (χ0n) is 16.7. The molecule has 1 aliphatic heterocycles. The van der Waals surface area contributed by atoms with Crippen molar-refractivity contribution in [2.45, 2.75) is 57.5 Å². The number of anilines is 1. The molecule has 2 N–H and O–H groups in total. The molecule has 4 rings (SSSR count). The maximum atomic E-state index is 4.90. The van der Waals surface area contributed by atoms with Crippen LogP contribution in [-0.2, 0) is 0 Å². The Balaban J connectivity index is 1.23. The second kappa shape index (κ2) is 9.28. The molecule has 0 amide bonds. The van der Waals surface area contributed by atoms with Crippen LogP contribution in [0.2, 0.25) is 0 Å². The van der Waals surface area contributed by atoms with Crippen molar-refractivity contribution >= 4 is 22.3 Å². The minimum absolute atomic E-state index is 0.532. The Morgan fingerprint density at radius 3 is 2.67 bits per heavy atom. The first-order valence-electron chi connectivity index (χ1n) is 10.9. The predicted molar refractivity (Wildman–Crippen MR) is 116 cm³/mol. The van der Waals surface area contributed by atoms with Gasteiger partial charge < -0.3 is 15.5 Å². The van der Waals surface area contributed by atoms with Crippen molar-refractivity contribution in [3.8, 4) is 0 Å². The van der Waals surface area contributed by atoms with Gasteiger partial charge in [-0.1, -0.05) is 0 Å². The van der Waals surface area contributed by atoms with E-state index in [1.54, 1.807) is 0 Å². The number of hydrogen-bond acceptors (Lipinski definition) is 4. The lowest BCUT2D eigenvalue weighted by molar-refractivity contribution is 0.260. The molecule has 0 radical (unpaired) electrons. The number of thiophene rings is 1. The predicted octanol–water partition coefficient (Wildman–Crippen LogP) is 3.15. The number of guanidine groups is 1. The van der Waals surface area contributed by atoms with Gasteiger partial charge in [0.15, 0.2) is 5.96 Å². The van der Waals surface area contributed by atoms with Crippen molar-refractivity contribution in [2.24, 2.45) is 10.9 Å². The smallest absolute Gasteiger partial charge is 0.191 e. The molecule has 27 heavy (non-hydrogen) atoms. The Hall–Kier alpha value is -1.27. The molecule has 1 aromatic rings. The summed E-state index contributed by atoms with van der Waals surface area (Å²) >= 11 is 1.85. The van der Waals surface area contributed by atoms with Crippen LogP contribution >= 0.6 is 11.3 Å². The van der Waals surface area contributed by atoms with Crippen molar-refractivity contribution in [2.75, 3.05) is 44.2 Å². The lowest BCUT2D eigenvalue weighted by Crippen LogP contribution is -2.48. The van der Waals surface area contributed by atoms with E-state index in [0.29, 0.717) is 6.04 Å². The third kappa shape index (κ3) is 5.85. The first-order valence-corrected chi connectivity index (χ1v) is 11.8. The number of rotatable bonds is 9. The monoisotopic (exact) mass is 389 g/mol. The third-order valence-electron chi connectivity index (χ3n) is 5.91. The molecule has 6 heteroatoms. The van der Waals surface area contributed by atoms with E-state index >= 15 is 0 Å². The Kier molecular flexibility index (Phi) is 6.56. The number of aliphatic imine (C=N–C) groups is 1. The van der Waals surface area contributed by atoms with Crippen LogP contribution in [0.5, 0.6) is 0 Å². The molecular weight excluding hydrogens is 354 g/mol. The van der Waals surface area contributed by atoms with Crippen LogP contribution in [0, 0.1) is 5.92 Å². The van der Waals surface area contributed by atoms with Gasteiger partial charge in [-0.3, -0.25) is 9.89 Å². The first kappa shape index (κ1) is 19.1. The number of nitrogens with one attached hydrogen (secondary N) is 2. The van der Waals surface area contributed by atoms with Gasteiger partial charge in [0.1, 0.15) is 0 Å². The van der Waals surface area contributed by atoms with Crippen molar-refractivity contribution < 1.29 is 0 Å². The second-order valence-electron chi connectivity index (χ2n) is 8.29. The summed E-state index contributed by atoms with van der Waals surface area (Å²) in [4.78, 5) is 10.1. The van der Waals surface area contributed by atoms with E-state index in [1.807, 2.05) is 11.3 Å². The summed E-state index contributed by atoms with van der Waals surface area (Å²) in [6.07, 6.45) is 8.05. The number of nitrogens with zero attached hydrogens (tertiary/aromatic N) is 3. The van der Waals surface area contributed by atoms with Gasteiger partial charge in [-0.2, -0.15) is 0 Å². The molecule has 1 aromatic heterocycles. The molecule has 3 fully saturated rings. The molecule has 2 heterocycles. The van der Waals surface area contributed by atoms with Gasteiger partial charge in [0.2, 0.25) is 0 Å². The van der Waals surface area contributed by atoms with Gasteiger partial charge in [0, 0.05) is 44.8 Å². The average molecular weight is 390 g/mol. The summed E-state index contributed by atoms with van der Waals surface area (Å²) in [5.41, 5.74) is 0. The van der Waals surface area contributed by atoms with Crippen LogP contribution in [0.15, 0.2) is 22.5 Å². The third-order valence-corrected chi connectivity index (χ3v) is 6.84. The van der Waals surface area contributed by atoms with Crippen molar-refractivity contribution in [3.05, 3.63) is 17.5 Å². The highest BCUT2D eigenvalue weighted by molar-refractivity contribution is 7.14. The summed E-state index contributed by atoms with van der Waals surface area (Å²) in [5.74, 6) is 1.99. The summed E-state index contributed by atoms with van der Waals surface area (Å²) in [6.45, 7) is 8.68. The Bertz CT molecular complexity index is 586. The Morgan fingerprint density at radius 2 is 2.04 bits per heavy atom. The highest BCUT2D eigenvalue weighted by atomic mass is 32.1. The topological polar surface area (TPSA) is 42.9 Å². The minimum Gasteiger partial charge on any atom is -0.363 e. The van der Waals surface area contributed by atoms with Crippen LogP contribution in [0.25, 0.3) is 0 Å². The molecule has 0 spiro atoms. The molecule has 0 aromatic carbocycles. The van der Waals surface area contributed by atoms with Crippen LogP contribution in [0.1, 0.15) is 45.4 Å². The molecule has 150 valence electrons. The van der Waals surface area contributed by atoms with E-state index in [-0.39, 0.29) is 0 Å². The Labute approximate surface area is 168 Å². The highest BCUT2D eigenvalue weighted by Gasteiger charge is 2.33. The van der Waals surface area contributed by atoms with E-state index in [1.165, 1.54) is 50.1 Å². The highest BCUT2D eigenvalue weighted by Crippen LogP contribution is 2.34. The SMILES string of the molecule is CCNC(=NCCN(CC1CC1)C1CC1)NC1CCN(c2cccs2)CC1. The van der Waals surface area contributed by atoms with Gasteiger partial charge in [-0.25, -0.2) is 0 Å². The van der Waals surface area contributed by atoms with Gasteiger partial charge in [0.05, 0.1) is 11.5 Å². The normalized spacial score (nSPS) is 21.7. The molecule has 2 saturated carbocycles.